The van der Waals surface area contributed by atoms with Gasteiger partial charge in [0.2, 0.25) is 5.60 Å². The Bertz CT molecular complexity index is 1230. The van der Waals surface area contributed by atoms with Crippen LogP contribution < -0.4 is 4.74 Å². The average Bonchev–Trinajstić information content (AvgIpc) is 2.87. The van der Waals surface area contributed by atoms with E-state index in [-0.39, 0.29) is 46.6 Å². The minimum absolute atomic E-state index is 0.0674. The highest BCUT2D eigenvalue weighted by Crippen LogP contribution is 2.47. The van der Waals surface area contributed by atoms with E-state index in [9.17, 15) is 29.4 Å². The number of esters is 2. The Kier molecular flexibility index (Phi) is 12.5. The molecule has 12 heteroatoms. The van der Waals surface area contributed by atoms with Crippen molar-refractivity contribution in [2.45, 2.75) is 58.5 Å². The summed E-state index contributed by atoms with van der Waals surface area (Å²) in [7, 11) is 0. The number of halogens is 3. The molecule has 0 amide bonds. The second kappa shape index (κ2) is 15.1. The van der Waals surface area contributed by atoms with Crippen LogP contribution in [0.25, 0.3) is 0 Å². The first-order valence-corrected chi connectivity index (χ1v) is 13.7. The molecule has 0 fully saturated rings. The lowest BCUT2D eigenvalue weighted by atomic mass is 9.72. The van der Waals surface area contributed by atoms with Crippen LogP contribution in [0.4, 0.5) is 0 Å². The number of ether oxygens (including phenoxy) is 3. The predicted molar refractivity (Wildman–Crippen MR) is 149 cm³/mol. The monoisotopic (exact) mass is 616 g/mol. The Hall–Kier alpha value is -3.01. The van der Waals surface area contributed by atoms with Gasteiger partial charge in [0.05, 0.1) is 23.6 Å². The van der Waals surface area contributed by atoms with E-state index in [1.807, 2.05) is 0 Å². The van der Waals surface area contributed by atoms with Gasteiger partial charge >= 0.3 is 23.9 Å². The first-order chi connectivity index (χ1) is 18.8. The van der Waals surface area contributed by atoms with Crippen molar-refractivity contribution >= 4 is 58.7 Å². The predicted octanol–water partition coefficient (Wildman–Crippen LogP) is 7.13. The van der Waals surface area contributed by atoms with Gasteiger partial charge in [-0.3, -0.25) is 14.4 Å². The van der Waals surface area contributed by atoms with E-state index in [1.165, 1.54) is 43.3 Å². The highest BCUT2D eigenvalue weighted by molar-refractivity contribution is 6.35. The molecule has 0 aliphatic carbocycles. The molecule has 0 saturated carbocycles. The Balaban J connectivity index is 2.81. The quantitative estimate of drug-likeness (QED) is 0.200. The van der Waals surface area contributed by atoms with Gasteiger partial charge in [0.15, 0.2) is 0 Å². The Morgan fingerprint density at radius 1 is 0.875 bits per heavy atom. The first-order valence-electron chi connectivity index (χ1n) is 12.6. The molecule has 0 aliphatic rings. The van der Waals surface area contributed by atoms with E-state index in [1.54, 1.807) is 13.8 Å². The molecule has 2 aromatic rings. The highest BCUT2D eigenvalue weighted by atomic mass is 35.5. The third kappa shape index (κ3) is 8.49. The summed E-state index contributed by atoms with van der Waals surface area (Å²) in [4.78, 5) is 50.3. The normalized spacial score (nSPS) is 13.9. The molecular formula is C28H31Cl3O9. The number of carboxylic acids is 2. The molecule has 0 saturated heterocycles. The standard InChI is InChI=1S/C28H31Cl3O9/c1-4-6-25(34)38-15-16(3)19(14-24(32)33)28(27(36)37,40-26(35)7-5-2)20-12-17(29)8-10-22(20)39-23-11-9-18(30)13-21(23)31/h8-13,16,19H,4-7,14-15H2,1-3H3,(H,32,33)(H,36,37). The van der Waals surface area contributed by atoms with Gasteiger partial charge in [-0.2, -0.15) is 0 Å². The number of carboxylic acid groups (broad SMARTS) is 2. The SMILES string of the molecule is CCCC(=O)OCC(C)C(CC(=O)O)C(OC(=O)CCC)(C(=O)O)c1cc(Cl)ccc1Oc1ccc(Cl)cc1Cl. The fourth-order valence-corrected chi connectivity index (χ4v) is 4.81. The molecule has 2 rings (SSSR count). The maximum Gasteiger partial charge on any atom is 0.353 e. The molecular weight excluding hydrogens is 587 g/mol. The number of hydrogen-bond donors (Lipinski definition) is 2. The summed E-state index contributed by atoms with van der Waals surface area (Å²) in [6.45, 7) is 4.68. The van der Waals surface area contributed by atoms with Gasteiger partial charge < -0.3 is 24.4 Å². The number of carbonyl (C=O) groups excluding carboxylic acids is 2. The molecule has 0 aromatic heterocycles. The summed E-state index contributed by atoms with van der Waals surface area (Å²) < 4.78 is 17.0. The molecule has 0 bridgehead atoms. The van der Waals surface area contributed by atoms with Crippen LogP contribution >= 0.6 is 34.8 Å². The van der Waals surface area contributed by atoms with Gasteiger partial charge in [0.25, 0.3) is 0 Å². The Labute approximate surface area is 247 Å². The van der Waals surface area contributed by atoms with Gasteiger partial charge in [-0.1, -0.05) is 55.6 Å². The largest absolute Gasteiger partial charge is 0.481 e. The molecule has 0 spiro atoms. The lowest BCUT2D eigenvalue weighted by molar-refractivity contribution is -0.194. The van der Waals surface area contributed by atoms with E-state index in [4.69, 9.17) is 49.0 Å². The first kappa shape index (κ1) is 33.2. The molecule has 3 unspecified atom stereocenters. The van der Waals surface area contributed by atoms with Crippen molar-refractivity contribution in [3.05, 3.63) is 57.0 Å². The number of carbonyl (C=O) groups is 4. The number of aliphatic carboxylic acids is 2. The van der Waals surface area contributed by atoms with Crippen molar-refractivity contribution in [2.24, 2.45) is 11.8 Å². The zero-order chi connectivity index (χ0) is 30.0. The second-order valence-electron chi connectivity index (χ2n) is 9.20. The second-order valence-corrected chi connectivity index (χ2v) is 10.5. The maximum absolute atomic E-state index is 13.2. The molecule has 2 aromatic carbocycles. The Morgan fingerprint density at radius 3 is 2.00 bits per heavy atom. The van der Waals surface area contributed by atoms with Crippen molar-refractivity contribution in [2.75, 3.05) is 6.61 Å². The van der Waals surface area contributed by atoms with Gasteiger partial charge in [-0.05, 0) is 55.2 Å². The van der Waals surface area contributed by atoms with Crippen molar-refractivity contribution in [3.63, 3.8) is 0 Å². The van der Waals surface area contributed by atoms with Crippen LogP contribution in [0, 0.1) is 11.8 Å². The van der Waals surface area contributed by atoms with Crippen LogP contribution in [0.2, 0.25) is 15.1 Å². The molecule has 40 heavy (non-hydrogen) atoms. The molecule has 3 atom stereocenters. The van der Waals surface area contributed by atoms with Crippen molar-refractivity contribution in [1.29, 1.82) is 0 Å². The topological polar surface area (TPSA) is 136 Å². The fourth-order valence-electron chi connectivity index (χ4n) is 4.19. The van der Waals surface area contributed by atoms with Crippen LogP contribution in [0.3, 0.4) is 0 Å². The molecule has 218 valence electrons. The van der Waals surface area contributed by atoms with Crippen LogP contribution in [0.5, 0.6) is 11.5 Å². The summed E-state index contributed by atoms with van der Waals surface area (Å²) in [5.41, 5.74) is -2.83. The van der Waals surface area contributed by atoms with E-state index < -0.39 is 47.7 Å². The average molecular weight is 618 g/mol. The van der Waals surface area contributed by atoms with Crippen molar-refractivity contribution in [3.8, 4) is 11.5 Å². The number of hydrogen-bond acceptors (Lipinski definition) is 7. The lowest BCUT2D eigenvalue weighted by Crippen LogP contribution is -2.51. The highest BCUT2D eigenvalue weighted by Gasteiger charge is 2.56. The summed E-state index contributed by atoms with van der Waals surface area (Å²) in [5.74, 6) is -6.78. The van der Waals surface area contributed by atoms with E-state index in [2.05, 4.69) is 0 Å². The third-order valence-corrected chi connectivity index (χ3v) is 6.83. The summed E-state index contributed by atoms with van der Waals surface area (Å²) in [5, 5.41) is 21.1. The van der Waals surface area contributed by atoms with Crippen LogP contribution in [-0.2, 0) is 34.3 Å². The van der Waals surface area contributed by atoms with Crippen molar-refractivity contribution in [1.82, 2.24) is 0 Å². The lowest BCUT2D eigenvalue weighted by Gasteiger charge is -2.40. The molecule has 0 aliphatic heterocycles. The fraction of sp³-hybridized carbons (Fsp3) is 0.429. The van der Waals surface area contributed by atoms with Gasteiger partial charge in [0.1, 0.15) is 11.5 Å². The zero-order valence-electron chi connectivity index (χ0n) is 22.2. The molecule has 0 heterocycles. The minimum atomic E-state index is -2.61. The van der Waals surface area contributed by atoms with Gasteiger partial charge in [-0.15, -0.1) is 0 Å². The Morgan fingerprint density at radius 2 is 1.45 bits per heavy atom. The molecule has 9 nitrogen and oxygen atoms in total. The minimum Gasteiger partial charge on any atom is -0.481 e. The third-order valence-electron chi connectivity index (χ3n) is 6.07. The summed E-state index contributed by atoms with van der Waals surface area (Å²) >= 11 is 18.6. The van der Waals surface area contributed by atoms with Crippen LogP contribution in [0.15, 0.2) is 36.4 Å². The van der Waals surface area contributed by atoms with Crippen LogP contribution in [-0.4, -0.2) is 40.7 Å². The van der Waals surface area contributed by atoms with E-state index in [0.29, 0.717) is 17.9 Å². The van der Waals surface area contributed by atoms with E-state index >= 15 is 0 Å². The number of rotatable bonds is 15. The molecule has 2 N–H and O–H groups in total. The van der Waals surface area contributed by atoms with E-state index in [0.717, 1.165) is 0 Å². The maximum atomic E-state index is 13.2. The summed E-state index contributed by atoms with van der Waals surface area (Å²) in [6.07, 6.45) is 0.0812. The van der Waals surface area contributed by atoms with Crippen LogP contribution in [0.1, 0.15) is 58.4 Å². The zero-order valence-corrected chi connectivity index (χ0v) is 24.5. The number of benzene rings is 2. The molecule has 0 radical (unpaired) electrons. The van der Waals surface area contributed by atoms with Gasteiger partial charge in [0, 0.05) is 28.8 Å². The van der Waals surface area contributed by atoms with Crippen molar-refractivity contribution < 1.29 is 43.6 Å². The summed E-state index contributed by atoms with van der Waals surface area (Å²) in [6, 6.07) is 8.40. The smallest absolute Gasteiger partial charge is 0.353 e. The van der Waals surface area contributed by atoms with Gasteiger partial charge in [-0.25, -0.2) is 4.79 Å².